The third-order valence-electron chi connectivity index (χ3n) is 3.70. The lowest BCUT2D eigenvalue weighted by Gasteiger charge is -2.25. The maximum Gasteiger partial charge on any atom is 0.0664 e. The van der Waals surface area contributed by atoms with Gasteiger partial charge in [-0.3, -0.25) is 9.88 Å². The van der Waals surface area contributed by atoms with Crippen molar-refractivity contribution >= 4 is 0 Å². The normalized spacial score (nSPS) is 12.6. The summed E-state index contributed by atoms with van der Waals surface area (Å²) in [5.41, 5.74) is 3.54. The monoisotopic (exact) mass is 284 g/mol. The molecule has 1 aromatic heterocycles. The Hall–Kier alpha value is -1.71. The fraction of sp³-hybridized carbons (Fsp3) is 0.389. The zero-order valence-electron chi connectivity index (χ0n) is 12.9. The molecule has 2 aromatic rings. The Kier molecular flexibility index (Phi) is 5.90. The van der Waals surface area contributed by atoms with Crippen molar-refractivity contribution in [2.24, 2.45) is 0 Å². The highest BCUT2D eigenvalue weighted by Crippen LogP contribution is 2.13. The molecule has 0 spiro atoms. The molecule has 0 aliphatic rings. The first kappa shape index (κ1) is 15.7. The van der Waals surface area contributed by atoms with Gasteiger partial charge in [0.1, 0.15) is 0 Å². The van der Waals surface area contributed by atoms with E-state index in [1.165, 1.54) is 11.1 Å². The summed E-state index contributed by atoms with van der Waals surface area (Å²) < 4.78 is 0. The van der Waals surface area contributed by atoms with Crippen molar-refractivity contribution in [3.05, 3.63) is 65.5 Å². The molecule has 0 aliphatic carbocycles. The maximum absolute atomic E-state index is 10.00. The second-order valence-electron chi connectivity index (χ2n) is 5.47. The van der Waals surface area contributed by atoms with Crippen molar-refractivity contribution < 1.29 is 5.11 Å². The second-order valence-corrected chi connectivity index (χ2v) is 5.47. The highest BCUT2D eigenvalue weighted by molar-refractivity contribution is 5.19. The van der Waals surface area contributed by atoms with E-state index in [9.17, 15) is 5.11 Å². The van der Waals surface area contributed by atoms with E-state index in [0.717, 1.165) is 25.2 Å². The van der Waals surface area contributed by atoms with Crippen LogP contribution in [-0.4, -0.2) is 27.6 Å². The molecule has 0 bridgehead atoms. The summed E-state index contributed by atoms with van der Waals surface area (Å²) in [6, 6.07) is 14.5. The van der Waals surface area contributed by atoms with Gasteiger partial charge in [-0.2, -0.15) is 0 Å². The summed E-state index contributed by atoms with van der Waals surface area (Å²) in [5, 5.41) is 10.00. The predicted molar refractivity (Wildman–Crippen MR) is 85.8 cm³/mol. The molecular formula is C18H24N2O. The van der Waals surface area contributed by atoms with Gasteiger partial charge in [-0.05, 0) is 30.5 Å². The molecule has 1 aromatic carbocycles. The number of hydrogen-bond donors (Lipinski definition) is 1. The lowest BCUT2D eigenvalue weighted by atomic mass is 10.1. The fourth-order valence-electron chi connectivity index (χ4n) is 2.38. The average molecular weight is 284 g/mol. The van der Waals surface area contributed by atoms with E-state index in [2.05, 4.69) is 40.2 Å². The van der Waals surface area contributed by atoms with Crippen molar-refractivity contribution in [1.29, 1.82) is 0 Å². The van der Waals surface area contributed by atoms with Crippen LogP contribution in [0.4, 0.5) is 0 Å². The van der Waals surface area contributed by atoms with E-state index in [1.54, 1.807) is 0 Å². The molecule has 0 aliphatic heterocycles. The van der Waals surface area contributed by atoms with Crippen molar-refractivity contribution in [1.82, 2.24) is 9.88 Å². The summed E-state index contributed by atoms with van der Waals surface area (Å²) in [5.74, 6) is 0. The van der Waals surface area contributed by atoms with Gasteiger partial charge in [0.2, 0.25) is 0 Å². The number of rotatable bonds is 7. The molecule has 1 N–H and O–H groups in total. The van der Waals surface area contributed by atoms with Gasteiger partial charge in [0.05, 0.1) is 6.10 Å². The van der Waals surface area contributed by atoms with Crippen LogP contribution in [0.15, 0.2) is 48.7 Å². The number of nitrogens with zero attached hydrogens (tertiary/aromatic N) is 2. The zero-order valence-corrected chi connectivity index (χ0v) is 12.9. The van der Waals surface area contributed by atoms with Crippen molar-refractivity contribution in [3.63, 3.8) is 0 Å². The van der Waals surface area contributed by atoms with E-state index >= 15 is 0 Å². The molecule has 3 nitrogen and oxygen atoms in total. The summed E-state index contributed by atoms with van der Waals surface area (Å²) in [4.78, 5) is 6.63. The molecule has 1 heterocycles. The number of benzene rings is 1. The van der Waals surface area contributed by atoms with E-state index in [4.69, 9.17) is 0 Å². The first-order valence-corrected chi connectivity index (χ1v) is 7.54. The fourth-order valence-corrected chi connectivity index (χ4v) is 2.38. The van der Waals surface area contributed by atoms with E-state index in [0.29, 0.717) is 6.54 Å². The Balaban J connectivity index is 2.10. The number of aromatic nitrogens is 1. The number of aliphatic hydroxyl groups is 1. The molecule has 0 fully saturated rings. The minimum atomic E-state index is -0.286. The Morgan fingerprint density at radius 3 is 2.52 bits per heavy atom. The number of hydrogen-bond acceptors (Lipinski definition) is 3. The van der Waals surface area contributed by atoms with Gasteiger partial charge in [0, 0.05) is 31.5 Å². The molecule has 0 saturated heterocycles. The molecular weight excluding hydrogens is 260 g/mol. The van der Waals surface area contributed by atoms with Crippen molar-refractivity contribution in [3.8, 4) is 0 Å². The van der Waals surface area contributed by atoms with Crippen LogP contribution in [0, 0.1) is 6.92 Å². The third kappa shape index (κ3) is 4.96. The number of pyridine rings is 1. The van der Waals surface area contributed by atoms with Crippen LogP contribution in [0.1, 0.15) is 30.2 Å². The Morgan fingerprint density at radius 1 is 1.10 bits per heavy atom. The minimum Gasteiger partial charge on any atom is -0.392 e. The topological polar surface area (TPSA) is 36.4 Å². The highest BCUT2D eigenvalue weighted by atomic mass is 16.3. The van der Waals surface area contributed by atoms with Crippen molar-refractivity contribution in [2.45, 2.75) is 39.5 Å². The minimum absolute atomic E-state index is 0.286. The summed E-state index contributed by atoms with van der Waals surface area (Å²) >= 11 is 0. The summed E-state index contributed by atoms with van der Waals surface area (Å²) in [6.45, 7) is 6.38. The van der Waals surface area contributed by atoms with Gasteiger partial charge in [0.25, 0.3) is 0 Å². The molecule has 1 unspecified atom stereocenters. The molecule has 2 rings (SSSR count). The van der Waals surface area contributed by atoms with Crippen LogP contribution in [0.5, 0.6) is 0 Å². The Morgan fingerprint density at radius 2 is 1.86 bits per heavy atom. The van der Waals surface area contributed by atoms with Gasteiger partial charge >= 0.3 is 0 Å². The summed E-state index contributed by atoms with van der Waals surface area (Å²) in [6.07, 6.45) is 2.31. The molecule has 0 saturated carbocycles. The van der Waals surface area contributed by atoms with Gasteiger partial charge in [-0.1, -0.05) is 43.3 Å². The molecule has 0 radical (unpaired) electrons. The van der Waals surface area contributed by atoms with Crippen LogP contribution >= 0.6 is 0 Å². The maximum atomic E-state index is 10.00. The van der Waals surface area contributed by atoms with E-state index in [-0.39, 0.29) is 6.10 Å². The first-order valence-electron chi connectivity index (χ1n) is 7.54. The highest BCUT2D eigenvalue weighted by Gasteiger charge is 2.13. The van der Waals surface area contributed by atoms with E-state index < -0.39 is 0 Å². The smallest absolute Gasteiger partial charge is 0.0664 e. The number of aryl methyl sites for hydroxylation is 1. The lowest BCUT2D eigenvalue weighted by Crippen LogP contribution is -2.31. The largest absolute Gasteiger partial charge is 0.392 e. The van der Waals surface area contributed by atoms with Crippen LogP contribution < -0.4 is 0 Å². The molecule has 0 amide bonds. The zero-order chi connectivity index (χ0) is 15.1. The van der Waals surface area contributed by atoms with Gasteiger partial charge < -0.3 is 5.11 Å². The Labute approximate surface area is 127 Å². The summed E-state index contributed by atoms with van der Waals surface area (Å²) in [7, 11) is 0. The molecule has 21 heavy (non-hydrogen) atoms. The van der Waals surface area contributed by atoms with Crippen LogP contribution in [-0.2, 0) is 13.1 Å². The number of aliphatic hydroxyl groups excluding tert-OH is 1. The lowest BCUT2D eigenvalue weighted by molar-refractivity contribution is 0.101. The van der Waals surface area contributed by atoms with Gasteiger partial charge in [-0.15, -0.1) is 0 Å². The average Bonchev–Trinajstić information content (AvgIpc) is 2.50. The predicted octanol–water partition coefficient (Wildman–Crippen LogP) is 3.16. The van der Waals surface area contributed by atoms with Gasteiger partial charge in [-0.25, -0.2) is 0 Å². The third-order valence-corrected chi connectivity index (χ3v) is 3.70. The van der Waals surface area contributed by atoms with E-state index in [1.807, 2.05) is 32.2 Å². The molecule has 112 valence electrons. The van der Waals surface area contributed by atoms with Crippen molar-refractivity contribution in [2.75, 3.05) is 6.54 Å². The molecule has 3 heteroatoms. The van der Waals surface area contributed by atoms with Crippen LogP contribution in [0.3, 0.4) is 0 Å². The van der Waals surface area contributed by atoms with Crippen LogP contribution in [0.2, 0.25) is 0 Å². The second kappa shape index (κ2) is 7.91. The quantitative estimate of drug-likeness (QED) is 0.848. The van der Waals surface area contributed by atoms with Gasteiger partial charge in [0.15, 0.2) is 0 Å². The standard InChI is InChI=1S/C18H24N2O/c1-3-18(21)14-20(12-16-8-5-4-6-9-16)13-17-10-7-11-19-15(17)2/h4-11,18,21H,3,12-14H2,1-2H3. The molecule has 1 atom stereocenters. The first-order chi connectivity index (χ1) is 10.2. The Bertz CT molecular complexity index is 542. The SMILES string of the molecule is CCC(O)CN(Cc1ccccc1)Cc1cccnc1C. The van der Waals surface area contributed by atoms with Crippen LogP contribution in [0.25, 0.3) is 0 Å².